The fourth-order valence-corrected chi connectivity index (χ4v) is 7.75. The fourth-order valence-electron chi connectivity index (χ4n) is 7.75. The highest BCUT2D eigenvalue weighted by Gasteiger charge is 2.50. The maximum atomic E-state index is 10.8. The van der Waals surface area contributed by atoms with Crippen molar-refractivity contribution in [1.29, 1.82) is 0 Å². The molecule has 0 aromatic carbocycles. The number of hydrogen-bond donors (Lipinski definition) is 3. The maximum Gasteiger partial charge on any atom is 0.162 e. The van der Waals surface area contributed by atoms with E-state index in [1.54, 1.807) is 5.57 Å². The summed E-state index contributed by atoms with van der Waals surface area (Å²) in [7, 11) is 0. The summed E-state index contributed by atoms with van der Waals surface area (Å²) in [5.41, 5.74) is 2.53. The van der Waals surface area contributed by atoms with Crippen LogP contribution in [0.4, 0.5) is 0 Å². The van der Waals surface area contributed by atoms with Gasteiger partial charge >= 0.3 is 0 Å². The molecule has 1 aromatic rings. The summed E-state index contributed by atoms with van der Waals surface area (Å²) in [6, 6.07) is 0. The van der Waals surface area contributed by atoms with Crippen LogP contribution in [0.15, 0.2) is 29.6 Å². The summed E-state index contributed by atoms with van der Waals surface area (Å²) >= 11 is 0. The Kier molecular flexibility index (Phi) is 8.73. The molecule has 1 heterocycles. The molecule has 3 N–H and O–H groups in total. The Balaban J connectivity index is 1.36. The number of aromatic nitrogens is 4. The van der Waals surface area contributed by atoms with Gasteiger partial charge in [0.15, 0.2) is 6.33 Å². The molecule has 0 saturated heterocycles. The number of hydrogen-bond acceptors (Lipinski definition) is 6. The largest absolute Gasteiger partial charge is 0.392 e. The van der Waals surface area contributed by atoms with Crippen molar-refractivity contribution in [2.45, 2.75) is 123 Å². The van der Waals surface area contributed by atoms with Crippen LogP contribution in [-0.4, -0.2) is 53.3 Å². The lowest BCUT2D eigenvalue weighted by Crippen LogP contribution is -2.38. The predicted octanol–water partition coefficient (Wildman–Crippen LogP) is 4.84. The molecule has 3 saturated carbocycles. The SMILES string of the molecule is C[C@H](CCCC(C)(C)O)[C@H]1CC[C@H]2/C(=C/C=C3C[C@@H](O)C(CCn4ncnn4)[C@H](O)C3)CCC[C@]12C. The van der Waals surface area contributed by atoms with Gasteiger partial charge in [0.05, 0.1) is 24.4 Å². The highest BCUT2D eigenvalue weighted by atomic mass is 16.3. The molecular formula is C29H48N4O3. The van der Waals surface area contributed by atoms with Gasteiger partial charge in [0, 0.05) is 5.92 Å². The van der Waals surface area contributed by atoms with Gasteiger partial charge in [-0.25, -0.2) is 0 Å². The summed E-state index contributed by atoms with van der Waals surface area (Å²) in [6.07, 6.45) is 16.2. The first-order valence-electron chi connectivity index (χ1n) is 14.2. The third-order valence-electron chi connectivity index (χ3n) is 9.69. The molecule has 0 radical (unpaired) electrons. The minimum atomic E-state index is -0.565. The Morgan fingerprint density at radius 3 is 2.61 bits per heavy atom. The monoisotopic (exact) mass is 500 g/mol. The molecule has 1 aromatic heterocycles. The first-order valence-corrected chi connectivity index (χ1v) is 14.2. The van der Waals surface area contributed by atoms with Crippen LogP contribution in [0.1, 0.15) is 98.3 Å². The van der Waals surface area contributed by atoms with Gasteiger partial charge in [0.2, 0.25) is 0 Å². The third-order valence-corrected chi connectivity index (χ3v) is 9.69. The number of fused-ring (bicyclic) bond motifs is 1. The summed E-state index contributed by atoms with van der Waals surface area (Å²) < 4.78 is 0. The molecular weight excluding hydrogens is 452 g/mol. The van der Waals surface area contributed by atoms with Crippen LogP contribution in [0.25, 0.3) is 0 Å². The van der Waals surface area contributed by atoms with Crippen LogP contribution < -0.4 is 0 Å². The average molecular weight is 501 g/mol. The van der Waals surface area contributed by atoms with Crippen molar-refractivity contribution in [3.8, 4) is 0 Å². The van der Waals surface area contributed by atoms with Crippen molar-refractivity contribution < 1.29 is 15.3 Å². The van der Waals surface area contributed by atoms with Crippen molar-refractivity contribution >= 4 is 0 Å². The first-order chi connectivity index (χ1) is 17.1. The molecule has 3 fully saturated rings. The topological polar surface area (TPSA) is 104 Å². The Hall–Kier alpha value is -1.57. The van der Waals surface area contributed by atoms with Crippen LogP contribution in [0, 0.1) is 29.1 Å². The van der Waals surface area contributed by atoms with E-state index in [9.17, 15) is 15.3 Å². The lowest BCUT2D eigenvalue weighted by molar-refractivity contribution is -0.0121. The Morgan fingerprint density at radius 1 is 1.19 bits per heavy atom. The van der Waals surface area contributed by atoms with Gasteiger partial charge in [-0.2, -0.15) is 4.80 Å². The normalized spacial score (nSPS) is 35.1. The molecule has 3 aliphatic carbocycles. The Labute approximate surface area is 217 Å². The van der Waals surface area contributed by atoms with Crippen molar-refractivity contribution in [3.63, 3.8) is 0 Å². The standard InChI is InChI=1S/C29H48N4O3/c1-20(7-5-14-28(2,3)36)24-11-12-25-22(8-6-15-29(24,25)4)10-9-21-17-26(34)23(27(35)18-21)13-16-33-31-19-30-32-33/h9-10,19-20,23-27,34-36H,5-8,11-18H2,1-4H3/b21-9?,22-10+/t20-,23?,24-,25+,26-,27-,29-/m1/s1. The second kappa shape index (κ2) is 11.4. The van der Waals surface area contributed by atoms with Gasteiger partial charge in [-0.05, 0) is 100 Å². The molecule has 0 aliphatic heterocycles. The predicted molar refractivity (Wildman–Crippen MR) is 141 cm³/mol. The van der Waals surface area contributed by atoms with Gasteiger partial charge in [-0.3, -0.25) is 0 Å². The zero-order valence-electron chi connectivity index (χ0n) is 22.8. The summed E-state index contributed by atoms with van der Waals surface area (Å²) in [5.74, 6) is 1.92. The van der Waals surface area contributed by atoms with E-state index in [1.165, 1.54) is 49.6 Å². The van der Waals surface area contributed by atoms with Crippen LogP contribution in [-0.2, 0) is 6.54 Å². The molecule has 0 amide bonds. The zero-order valence-corrected chi connectivity index (χ0v) is 22.8. The lowest BCUT2D eigenvalue weighted by atomic mass is 9.60. The van der Waals surface area contributed by atoms with Crippen LogP contribution in [0.2, 0.25) is 0 Å². The van der Waals surface area contributed by atoms with E-state index in [1.807, 2.05) is 13.8 Å². The third kappa shape index (κ3) is 6.46. The maximum absolute atomic E-state index is 10.8. The highest BCUT2D eigenvalue weighted by Crippen LogP contribution is 2.60. The van der Waals surface area contributed by atoms with E-state index in [4.69, 9.17) is 0 Å². The van der Waals surface area contributed by atoms with Crippen LogP contribution in [0.5, 0.6) is 0 Å². The van der Waals surface area contributed by atoms with E-state index < -0.39 is 17.8 Å². The number of tetrazole rings is 1. The number of allylic oxidation sites excluding steroid dienone is 3. The number of aliphatic hydroxyl groups is 3. The van der Waals surface area contributed by atoms with Crippen molar-refractivity contribution in [1.82, 2.24) is 20.2 Å². The first kappa shape index (κ1) is 27.5. The van der Waals surface area contributed by atoms with E-state index in [-0.39, 0.29) is 5.92 Å². The van der Waals surface area contributed by atoms with Crippen molar-refractivity contribution in [2.24, 2.45) is 29.1 Å². The molecule has 0 bridgehead atoms. The van der Waals surface area contributed by atoms with Crippen molar-refractivity contribution in [3.05, 3.63) is 29.6 Å². The highest BCUT2D eigenvalue weighted by molar-refractivity contribution is 5.26. The smallest absolute Gasteiger partial charge is 0.162 e. The van der Waals surface area contributed by atoms with Gasteiger partial charge in [0.25, 0.3) is 0 Å². The molecule has 202 valence electrons. The van der Waals surface area contributed by atoms with Crippen molar-refractivity contribution in [2.75, 3.05) is 0 Å². The minimum Gasteiger partial charge on any atom is -0.392 e. The molecule has 0 unspecified atom stereocenters. The van der Waals surface area contributed by atoms with E-state index in [0.717, 1.165) is 24.3 Å². The Bertz CT molecular complexity index is 892. The molecule has 36 heavy (non-hydrogen) atoms. The molecule has 3 aliphatic rings. The number of aryl methyl sites for hydroxylation is 1. The molecule has 0 spiro atoms. The summed E-state index contributed by atoms with van der Waals surface area (Å²) in [4.78, 5) is 1.51. The number of aliphatic hydroxyl groups excluding tert-OH is 2. The molecule has 7 nitrogen and oxygen atoms in total. The minimum absolute atomic E-state index is 0.160. The number of rotatable bonds is 9. The van der Waals surface area contributed by atoms with E-state index in [0.29, 0.717) is 43.1 Å². The lowest BCUT2D eigenvalue weighted by Gasteiger charge is -2.44. The summed E-state index contributed by atoms with van der Waals surface area (Å²) in [5, 5.41) is 43.3. The molecule has 4 rings (SSSR count). The molecule has 6 atom stereocenters. The van der Waals surface area contributed by atoms with Crippen LogP contribution in [0.3, 0.4) is 0 Å². The molecule has 7 heteroatoms. The van der Waals surface area contributed by atoms with Gasteiger partial charge in [0.1, 0.15) is 0 Å². The quantitative estimate of drug-likeness (QED) is 0.448. The van der Waals surface area contributed by atoms with E-state index in [2.05, 4.69) is 41.4 Å². The second-order valence-electron chi connectivity index (χ2n) is 12.9. The van der Waals surface area contributed by atoms with Gasteiger partial charge in [-0.15, -0.1) is 10.2 Å². The number of nitrogens with zero attached hydrogens (tertiary/aromatic N) is 4. The van der Waals surface area contributed by atoms with Gasteiger partial charge in [-0.1, -0.05) is 50.0 Å². The average Bonchev–Trinajstić information content (AvgIpc) is 3.43. The zero-order chi connectivity index (χ0) is 25.9. The second-order valence-corrected chi connectivity index (χ2v) is 12.9. The summed E-state index contributed by atoms with van der Waals surface area (Å²) in [6.45, 7) is 9.35. The van der Waals surface area contributed by atoms with E-state index >= 15 is 0 Å². The Morgan fingerprint density at radius 2 is 1.94 bits per heavy atom. The van der Waals surface area contributed by atoms with Gasteiger partial charge < -0.3 is 15.3 Å². The van der Waals surface area contributed by atoms with Crippen LogP contribution >= 0.6 is 0 Å². The fraction of sp³-hybridized carbons (Fsp3) is 0.828.